The van der Waals surface area contributed by atoms with Crippen molar-refractivity contribution < 1.29 is 9.90 Å². The van der Waals surface area contributed by atoms with Crippen molar-refractivity contribution in [3.63, 3.8) is 0 Å². The van der Waals surface area contributed by atoms with Gasteiger partial charge in [0.05, 0.1) is 0 Å². The maximum atomic E-state index is 11.4. The summed E-state index contributed by atoms with van der Waals surface area (Å²) in [4.78, 5) is 11.9. The lowest BCUT2D eigenvalue weighted by atomic mass is 10.1. The Labute approximate surface area is 127 Å². The summed E-state index contributed by atoms with van der Waals surface area (Å²) in [6, 6.07) is 8.32. The van der Waals surface area contributed by atoms with E-state index in [1.807, 2.05) is 36.0 Å². The summed E-state index contributed by atoms with van der Waals surface area (Å²) < 4.78 is 1.04. The predicted octanol–water partition coefficient (Wildman–Crippen LogP) is 3.83. The molecule has 3 nitrogen and oxygen atoms in total. The fourth-order valence-electron chi connectivity index (χ4n) is 2.22. The van der Waals surface area contributed by atoms with E-state index in [1.165, 1.54) is 11.3 Å². The highest BCUT2D eigenvalue weighted by atomic mass is 32.2. The molecular formula is C15H19NO2S2. The number of aromatic carboxylic acids is 1. The van der Waals surface area contributed by atoms with Gasteiger partial charge in [-0.3, -0.25) is 0 Å². The van der Waals surface area contributed by atoms with Crippen molar-refractivity contribution in [3.8, 4) is 0 Å². The van der Waals surface area contributed by atoms with Crippen molar-refractivity contribution in [3.05, 3.63) is 34.7 Å². The van der Waals surface area contributed by atoms with E-state index >= 15 is 0 Å². The highest BCUT2D eigenvalue weighted by molar-refractivity contribution is 7.98. The van der Waals surface area contributed by atoms with Crippen LogP contribution in [0.3, 0.4) is 0 Å². The van der Waals surface area contributed by atoms with Crippen LogP contribution in [0.4, 0.5) is 0 Å². The predicted molar refractivity (Wildman–Crippen MR) is 88.1 cm³/mol. The molecule has 0 spiro atoms. The standard InChI is InChI=1S/C15H19NO2S2/c1-3-10(9-19-2)16-8-12-11-6-4-5-7-13(11)20-14(12)15(17)18/h4-7,10,16H,3,8-9H2,1-2H3,(H,17,18). The molecule has 0 radical (unpaired) electrons. The van der Waals surface area contributed by atoms with Crippen LogP contribution in [-0.4, -0.2) is 29.1 Å². The fraction of sp³-hybridized carbons (Fsp3) is 0.400. The molecule has 0 saturated carbocycles. The van der Waals surface area contributed by atoms with Crippen LogP contribution in [0, 0.1) is 0 Å². The van der Waals surface area contributed by atoms with Gasteiger partial charge in [0.2, 0.25) is 0 Å². The third-order valence-corrected chi connectivity index (χ3v) is 5.26. The number of benzene rings is 1. The topological polar surface area (TPSA) is 49.3 Å². The Bertz CT molecular complexity index is 595. The number of thiophene rings is 1. The maximum Gasteiger partial charge on any atom is 0.346 e. The van der Waals surface area contributed by atoms with Gasteiger partial charge < -0.3 is 10.4 Å². The zero-order chi connectivity index (χ0) is 14.5. The van der Waals surface area contributed by atoms with Crippen LogP contribution in [0.1, 0.15) is 28.6 Å². The number of hydrogen-bond acceptors (Lipinski definition) is 4. The molecule has 1 heterocycles. The van der Waals surface area contributed by atoms with Gasteiger partial charge >= 0.3 is 5.97 Å². The number of hydrogen-bond donors (Lipinski definition) is 2. The molecule has 0 saturated heterocycles. The molecular weight excluding hydrogens is 290 g/mol. The van der Waals surface area contributed by atoms with Crippen LogP contribution in [0.15, 0.2) is 24.3 Å². The van der Waals surface area contributed by atoms with E-state index in [0.717, 1.165) is 27.8 Å². The molecule has 20 heavy (non-hydrogen) atoms. The van der Waals surface area contributed by atoms with Gasteiger partial charge in [0.1, 0.15) is 4.88 Å². The first kappa shape index (κ1) is 15.4. The second kappa shape index (κ2) is 7.11. The van der Waals surface area contributed by atoms with Gasteiger partial charge in [0.25, 0.3) is 0 Å². The van der Waals surface area contributed by atoms with Gasteiger partial charge in [-0.2, -0.15) is 11.8 Å². The minimum atomic E-state index is -0.832. The van der Waals surface area contributed by atoms with Crippen LogP contribution in [-0.2, 0) is 6.54 Å². The first-order valence-electron chi connectivity index (χ1n) is 6.63. The molecule has 5 heteroatoms. The smallest absolute Gasteiger partial charge is 0.346 e. The van der Waals surface area contributed by atoms with Crippen LogP contribution in [0.25, 0.3) is 10.1 Å². The van der Waals surface area contributed by atoms with E-state index in [2.05, 4.69) is 18.5 Å². The molecule has 108 valence electrons. The highest BCUT2D eigenvalue weighted by Crippen LogP contribution is 2.31. The van der Waals surface area contributed by atoms with E-state index in [4.69, 9.17) is 0 Å². The number of nitrogens with one attached hydrogen (secondary N) is 1. The molecule has 0 aliphatic rings. The maximum absolute atomic E-state index is 11.4. The van der Waals surface area contributed by atoms with E-state index in [9.17, 15) is 9.90 Å². The van der Waals surface area contributed by atoms with Crippen molar-refractivity contribution in [2.24, 2.45) is 0 Å². The lowest BCUT2D eigenvalue weighted by molar-refractivity contribution is 0.0701. The van der Waals surface area contributed by atoms with Gasteiger partial charge in [-0.05, 0) is 29.7 Å². The Morgan fingerprint density at radius 2 is 2.20 bits per heavy atom. The number of carbonyl (C=O) groups is 1. The van der Waals surface area contributed by atoms with Gasteiger partial charge in [-0.25, -0.2) is 4.79 Å². The highest BCUT2D eigenvalue weighted by Gasteiger charge is 2.18. The van der Waals surface area contributed by atoms with E-state index in [0.29, 0.717) is 17.5 Å². The zero-order valence-corrected chi connectivity index (χ0v) is 13.3. The fourth-order valence-corrected chi connectivity index (χ4v) is 4.03. The molecule has 2 N–H and O–H groups in total. The molecule has 1 aromatic heterocycles. The molecule has 0 aliphatic carbocycles. The molecule has 0 aliphatic heterocycles. The van der Waals surface area contributed by atoms with Gasteiger partial charge in [-0.15, -0.1) is 11.3 Å². The first-order valence-corrected chi connectivity index (χ1v) is 8.84. The SMILES string of the molecule is CCC(CSC)NCc1c(C(=O)O)sc2ccccc12. The quantitative estimate of drug-likeness (QED) is 0.816. The molecule has 1 unspecified atom stereocenters. The Morgan fingerprint density at radius 3 is 2.85 bits per heavy atom. The summed E-state index contributed by atoms with van der Waals surface area (Å²) in [6.07, 6.45) is 3.14. The van der Waals surface area contributed by atoms with Crippen molar-refractivity contribution >= 4 is 39.2 Å². The van der Waals surface area contributed by atoms with Crippen LogP contribution >= 0.6 is 23.1 Å². The largest absolute Gasteiger partial charge is 0.477 e. The molecule has 2 rings (SSSR count). The molecule has 0 bridgehead atoms. The summed E-state index contributed by atoms with van der Waals surface area (Å²) in [5.41, 5.74) is 0.914. The average Bonchev–Trinajstić information content (AvgIpc) is 2.82. The van der Waals surface area contributed by atoms with Gasteiger partial charge in [-0.1, -0.05) is 25.1 Å². The number of rotatable bonds is 7. The zero-order valence-electron chi connectivity index (χ0n) is 11.7. The minimum Gasteiger partial charge on any atom is -0.477 e. The molecule has 1 atom stereocenters. The summed E-state index contributed by atoms with van der Waals surface area (Å²) in [7, 11) is 0. The molecule has 0 fully saturated rings. The Kier molecular flexibility index (Phi) is 5.46. The van der Waals surface area contributed by atoms with Crippen LogP contribution < -0.4 is 5.32 Å². The Hall–Kier alpha value is -1.04. The van der Waals surface area contributed by atoms with Crippen LogP contribution in [0.5, 0.6) is 0 Å². The normalized spacial score (nSPS) is 12.7. The number of carboxylic acid groups (broad SMARTS) is 1. The summed E-state index contributed by atoms with van der Waals surface area (Å²) in [6.45, 7) is 2.77. The van der Waals surface area contributed by atoms with Crippen molar-refractivity contribution in [1.29, 1.82) is 0 Å². The lowest BCUT2D eigenvalue weighted by Gasteiger charge is -2.15. The Balaban J connectivity index is 2.27. The van der Waals surface area contributed by atoms with Crippen molar-refractivity contribution in [1.82, 2.24) is 5.32 Å². The Morgan fingerprint density at radius 1 is 1.45 bits per heavy atom. The second-order valence-electron chi connectivity index (χ2n) is 4.65. The number of carboxylic acids is 1. The third kappa shape index (κ3) is 3.34. The molecule has 2 aromatic rings. The average molecular weight is 309 g/mol. The first-order chi connectivity index (χ1) is 9.67. The lowest BCUT2D eigenvalue weighted by Crippen LogP contribution is -2.30. The van der Waals surface area contributed by atoms with Crippen molar-refractivity contribution in [2.45, 2.75) is 25.9 Å². The van der Waals surface area contributed by atoms with E-state index in [1.54, 1.807) is 0 Å². The summed E-state index contributed by atoms with van der Waals surface area (Å²) in [5, 5.41) is 13.9. The van der Waals surface area contributed by atoms with Gasteiger partial charge in [0.15, 0.2) is 0 Å². The summed E-state index contributed by atoms with van der Waals surface area (Å²) in [5.74, 6) is 0.210. The second-order valence-corrected chi connectivity index (χ2v) is 6.62. The number of fused-ring (bicyclic) bond motifs is 1. The van der Waals surface area contributed by atoms with Gasteiger partial charge in [0, 0.05) is 23.0 Å². The number of thioether (sulfide) groups is 1. The minimum absolute atomic E-state index is 0.422. The van der Waals surface area contributed by atoms with E-state index in [-0.39, 0.29) is 0 Å². The monoisotopic (exact) mass is 309 g/mol. The summed E-state index contributed by atoms with van der Waals surface area (Å²) >= 11 is 3.17. The van der Waals surface area contributed by atoms with Crippen LogP contribution in [0.2, 0.25) is 0 Å². The van der Waals surface area contributed by atoms with E-state index < -0.39 is 5.97 Å². The molecule has 0 amide bonds. The van der Waals surface area contributed by atoms with Crippen molar-refractivity contribution in [2.75, 3.05) is 12.0 Å². The third-order valence-electron chi connectivity index (χ3n) is 3.32. The molecule has 1 aromatic carbocycles.